The summed E-state index contributed by atoms with van der Waals surface area (Å²) in [6.07, 6.45) is 16.8. The summed E-state index contributed by atoms with van der Waals surface area (Å²) in [6.45, 7) is 3.69. The summed E-state index contributed by atoms with van der Waals surface area (Å²) >= 11 is 0. The Kier molecular flexibility index (Phi) is 25.8. The van der Waals surface area contributed by atoms with Crippen LogP contribution in [0.1, 0.15) is 136 Å². The zero-order valence-electron chi connectivity index (χ0n) is 28.8. The maximum atomic E-state index is 12.3. The highest BCUT2D eigenvalue weighted by molar-refractivity contribution is 7.80. The van der Waals surface area contributed by atoms with E-state index in [4.69, 9.17) is 23.5 Å². The number of ether oxygens (including phenoxy) is 4. The number of aliphatic hydroxyl groups excluding tert-OH is 3. The van der Waals surface area contributed by atoms with Gasteiger partial charge in [-0.25, -0.2) is 4.18 Å². The van der Waals surface area contributed by atoms with Crippen LogP contribution in [0.4, 0.5) is 0 Å². The molecule has 4 N–H and O–H groups in total. The van der Waals surface area contributed by atoms with Crippen molar-refractivity contribution in [3.8, 4) is 0 Å². The molecule has 47 heavy (non-hydrogen) atoms. The molecule has 0 saturated carbocycles. The van der Waals surface area contributed by atoms with E-state index in [1.165, 1.54) is 83.5 Å². The smallest absolute Gasteiger partial charge is 0.397 e. The SMILES string of the molecule is CCCCCCCC/C=C\CCCCCCCCCCOCC(COC1OC(CO)C(O)C(OS(=O)(=O)O)C1O)OC(=O)CCCC. The number of esters is 1. The molecule has 278 valence electrons. The molecule has 13 heteroatoms. The molecule has 0 bridgehead atoms. The van der Waals surface area contributed by atoms with E-state index in [0.29, 0.717) is 13.0 Å². The van der Waals surface area contributed by atoms with Crippen molar-refractivity contribution in [1.82, 2.24) is 0 Å². The molecule has 6 unspecified atom stereocenters. The summed E-state index contributed by atoms with van der Waals surface area (Å²) in [5.41, 5.74) is 0. The van der Waals surface area contributed by atoms with Crippen LogP contribution in [0.15, 0.2) is 12.2 Å². The Morgan fingerprint density at radius 1 is 0.787 bits per heavy atom. The number of aliphatic hydroxyl groups is 3. The largest absolute Gasteiger partial charge is 0.457 e. The van der Waals surface area contributed by atoms with Crippen LogP contribution >= 0.6 is 0 Å². The number of carbonyl (C=O) groups excluding carboxylic acids is 1. The number of allylic oxidation sites excluding steroid dienone is 2. The Bertz CT molecular complexity index is 900. The van der Waals surface area contributed by atoms with Crippen LogP contribution in [-0.2, 0) is 38.3 Å². The Morgan fingerprint density at radius 3 is 1.89 bits per heavy atom. The van der Waals surface area contributed by atoms with Crippen molar-refractivity contribution in [3.05, 3.63) is 12.2 Å². The summed E-state index contributed by atoms with van der Waals surface area (Å²) in [5.74, 6) is -0.436. The second-order valence-corrected chi connectivity index (χ2v) is 13.5. The third-order valence-corrected chi connectivity index (χ3v) is 8.60. The number of carbonyl (C=O) groups is 1. The van der Waals surface area contributed by atoms with E-state index in [9.17, 15) is 28.5 Å². The Balaban J connectivity index is 2.29. The van der Waals surface area contributed by atoms with Gasteiger partial charge >= 0.3 is 16.4 Å². The predicted molar refractivity (Wildman–Crippen MR) is 179 cm³/mol. The molecular formula is C34H64O12S. The zero-order valence-corrected chi connectivity index (χ0v) is 29.7. The van der Waals surface area contributed by atoms with Gasteiger partial charge in [0.15, 0.2) is 6.29 Å². The number of unbranched alkanes of at least 4 members (excludes halogenated alkanes) is 15. The monoisotopic (exact) mass is 696 g/mol. The summed E-state index contributed by atoms with van der Waals surface area (Å²) < 4.78 is 58.1. The van der Waals surface area contributed by atoms with Gasteiger partial charge in [0.1, 0.15) is 30.5 Å². The van der Waals surface area contributed by atoms with Crippen molar-refractivity contribution in [3.63, 3.8) is 0 Å². The molecule has 6 atom stereocenters. The van der Waals surface area contributed by atoms with Gasteiger partial charge in [-0.1, -0.05) is 103 Å². The standard InChI is InChI=1S/C34H64O12S/c1-3-5-7-8-9-10-11-12-13-14-15-16-17-18-19-20-21-22-24-42-26-28(44-30(36)23-6-4-2)27-43-34-32(38)33(46-47(39,40)41)31(37)29(25-35)45-34/h12-13,28-29,31-35,37-38H,3-11,14-27H2,1-2H3,(H,39,40,41)/b13-12-. The Hall–Kier alpha value is -1.16. The summed E-state index contributed by atoms with van der Waals surface area (Å²) in [5, 5.41) is 30.2. The van der Waals surface area contributed by atoms with E-state index >= 15 is 0 Å². The average Bonchev–Trinajstić information content (AvgIpc) is 3.03. The van der Waals surface area contributed by atoms with E-state index < -0.39 is 59.8 Å². The van der Waals surface area contributed by atoms with Crippen LogP contribution in [0.3, 0.4) is 0 Å². The average molecular weight is 697 g/mol. The third-order valence-electron chi connectivity index (χ3n) is 8.14. The lowest BCUT2D eigenvalue weighted by Crippen LogP contribution is -2.60. The van der Waals surface area contributed by atoms with Crippen molar-refractivity contribution in [2.45, 2.75) is 173 Å². The van der Waals surface area contributed by atoms with Gasteiger partial charge < -0.3 is 34.3 Å². The van der Waals surface area contributed by atoms with Gasteiger partial charge in [-0.15, -0.1) is 0 Å². The molecule has 1 aliphatic heterocycles. The number of rotatable bonds is 30. The van der Waals surface area contributed by atoms with Gasteiger partial charge in [-0.2, -0.15) is 8.42 Å². The molecule has 1 fully saturated rings. The first-order valence-electron chi connectivity index (χ1n) is 17.9. The first-order valence-corrected chi connectivity index (χ1v) is 19.3. The minimum absolute atomic E-state index is 0.0328. The highest BCUT2D eigenvalue weighted by Crippen LogP contribution is 2.26. The number of hydrogen-bond donors (Lipinski definition) is 4. The molecule has 0 radical (unpaired) electrons. The molecule has 0 aromatic rings. The van der Waals surface area contributed by atoms with Crippen molar-refractivity contribution in [2.24, 2.45) is 0 Å². The highest BCUT2D eigenvalue weighted by atomic mass is 32.3. The molecule has 12 nitrogen and oxygen atoms in total. The van der Waals surface area contributed by atoms with Gasteiger partial charge in [0.25, 0.3) is 0 Å². The molecule has 1 rings (SSSR count). The normalized spacial score (nSPS) is 22.6. The fourth-order valence-electron chi connectivity index (χ4n) is 5.35. The number of hydrogen-bond acceptors (Lipinski definition) is 11. The molecule has 0 amide bonds. The van der Waals surface area contributed by atoms with E-state index in [0.717, 1.165) is 25.7 Å². The fraction of sp³-hybridized carbons (Fsp3) is 0.912. The topological polar surface area (TPSA) is 178 Å². The van der Waals surface area contributed by atoms with Crippen molar-refractivity contribution in [2.75, 3.05) is 26.4 Å². The van der Waals surface area contributed by atoms with Gasteiger partial charge in [-0.3, -0.25) is 9.35 Å². The second-order valence-electron chi connectivity index (χ2n) is 12.5. The fourth-order valence-corrected chi connectivity index (χ4v) is 5.86. The Morgan fingerprint density at radius 2 is 1.34 bits per heavy atom. The first kappa shape index (κ1) is 43.9. The summed E-state index contributed by atoms with van der Waals surface area (Å²) in [6, 6.07) is 0. The van der Waals surface area contributed by atoms with Crippen LogP contribution in [-0.4, -0.2) is 97.5 Å². The van der Waals surface area contributed by atoms with E-state index in [-0.39, 0.29) is 19.6 Å². The van der Waals surface area contributed by atoms with Crippen molar-refractivity contribution < 1.29 is 56.2 Å². The van der Waals surface area contributed by atoms with E-state index in [1.54, 1.807) is 0 Å². The van der Waals surface area contributed by atoms with Crippen molar-refractivity contribution in [1.29, 1.82) is 0 Å². The summed E-state index contributed by atoms with van der Waals surface area (Å²) in [4.78, 5) is 12.3. The van der Waals surface area contributed by atoms with E-state index in [2.05, 4.69) is 23.3 Å². The molecule has 1 heterocycles. The molecule has 1 aliphatic rings. The van der Waals surface area contributed by atoms with Crippen LogP contribution in [0, 0.1) is 0 Å². The summed E-state index contributed by atoms with van der Waals surface area (Å²) in [7, 11) is -5.04. The minimum atomic E-state index is -5.04. The van der Waals surface area contributed by atoms with E-state index in [1.807, 2.05) is 6.92 Å². The lowest BCUT2D eigenvalue weighted by atomic mass is 9.99. The minimum Gasteiger partial charge on any atom is -0.457 e. The lowest BCUT2D eigenvalue weighted by molar-refractivity contribution is -0.301. The molecule has 0 spiro atoms. The maximum absolute atomic E-state index is 12.3. The predicted octanol–water partition coefficient (Wildman–Crippen LogP) is 5.57. The van der Waals surface area contributed by atoms with Crippen LogP contribution in [0.2, 0.25) is 0 Å². The van der Waals surface area contributed by atoms with Crippen LogP contribution in [0.25, 0.3) is 0 Å². The molecular weight excluding hydrogens is 632 g/mol. The highest BCUT2D eigenvalue weighted by Gasteiger charge is 2.48. The first-order chi connectivity index (χ1) is 22.6. The molecule has 1 saturated heterocycles. The lowest BCUT2D eigenvalue weighted by Gasteiger charge is -2.41. The zero-order chi connectivity index (χ0) is 34.8. The molecule has 0 aliphatic carbocycles. The molecule has 0 aromatic carbocycles. The van der Waals surface area contributed by atoms with Gasteiger partial charge in [0, 0.05) is 13.0 Å². The van der Waals surface area contributed by atoms with Crippen LogP contribution in [0.5, 0.6) is 0 Å². The molecule has 0 aromatic heterocycles. The third kappa shape index (κ3) is 22.2. The maximum Gasteiger partial charge on any atom is 0.397 e. The van der Waals surface area contributed by atoms with Crippen LogP contribution < -0.4 is 0 Å². The quantitative estimate of drug-likeness (QED) is 0.0318. The van der Waals surface area contributed by atoms with Gasteiger partial charge in [0.2, 0.25) is 0 Å². The van der Waals surface area contributed by atoms with Crippen molar-refractivity contribution >= 4 is 16.4 Å². The second kappa shape index (κ2) is 27.6. The van der Waals surface area contributed by atoms with Gasteiger partial charge in [-0.05, 0) is 38.5 Å². The Labute approximate surface area is 283 Å². The van der Waals surface area contributed by atoms with Gasteiger partial charge in [0.05, 0.1) is 19.8 Å².